The first-order valence-corrected chi connectivity index (χ1v) is 7.82. The van der Waals surface area contributed by atoms with Crippen LogP contribution in [0.1, 0.15) is 11.3 Å². The minimum absolute atomic E-state index is 0.725. The summed E-state index contributed by atoms with van der Waals surface area (Å²) >= 11 is 0. The van der Waals surface area contributed by atoms with Gasteiger partial charge in [0, 0.05) is 41.8 Å². The van der Waals surface area contributed by atoms with Gasteiger partial charge in [0.1, 0.15) is 5.82 Å². The Bertz CT molecular complexity index is 976. The highest BCUT2D eigenvalue weighted by molar-refractivity contribution is 5.88. The molecule has 4 rings (SSSR count). The van der Waals surface area contributed by atoms with Gasteiger partial charge in [0.2, 0.25) is 0 Å². The van der Waals surface area contributed by atoms with E-state index in [2.05, 4.69) is 55.8 Å². The van der Waals surface area contributed by atoms with Gasteiger partial charge in [-0.05, 0) is 47.7 Å². The summed E-state index contributed by atoms with van der Waals surface area (Å²) in [4.78, 5) is 8.71. The summed E-state index contributed by atoms with van der Waals surface area (Å²) < 4.78 is 0. The van der Waals surface area contributed by atoms with Crippen molar-refractivity contribution in [2.24, 2.45) is 0 Å². The number of nitrogens with zero attached hydrogens (tertiary/aromatic N) is 3. The Morgan fingerprint density at radius 2 is 1.92 bits per heavy atom. The number of nitrogens with one attached hydrogen (secondary N) is 2. The highest BCUT2D eigenvalue weighted by Gasteiger charge is 2.03. The molecule has 0 radical (unpaired) electrons. The normalized spacial score (nSPS) is 10.9. The maximum absolute atomic E-state index is 4.49. The molecule has 0 saturated heterocycles. The van der Waals surface area contributed by atoms with E-state index < -0.39 is 0 Å². The number of hydrogen-bond donors (Lipinski definition) is 2. The lowest BCUT2D eigenvalue weighted by molar-refractivity contribution is 1.08. The first-order valence-electron chi connectivity index (χ1n) is 7.82. The third-order valence-electron chi connectivity index (χ3n) is 3.99. The first-order chi connectivity index (χ1) is 11.8. The fraction of sp³-hybridized carbons (Fsp3) is 0.105. The van der Waals surface area contributed by atoms with Crippen LogP contribution < -0.4 is 5.32 Å². The zero-order valence-electron chi connectivity index (χ0n) is 13.3. The van der Waals surface area contributed by atoms with Crippen LogP contribution in [0.25, 0.3) is 21.9 Å². The van der Waals surface area contributed by atoms with Gasteiger partial charge in [-0.15, -0.1) is 0 Å². The molecule has 0 aliphatic heterocycles. The Balaban J connectivity index is 1.60. The zero-order valence-corrected chi connectivity index (χ0v) is 13.3. The molecule has 4 aromatic rings. The zero-order chi connectivity index (χ0) is 16.4. The van der Waals surface area contributed by atoms with Crippen LogP contribution in [0, 0.1) is 6.92 Å². The lowest BCUT2D eigenvalue weighted by atomic mass is 10.1. The Kier molecular flexibility index (Phi) is 3.67. The van der Waals surface area contributed by atoms with Gasteiger partial charge in [-0.2, -0.15) is 5.10 Å². The summed E-state index contributed by atoms with van der Waals surface area (Å²) in [5.74, 6) is 0.862. The van der Waals surface area contributed by atoms with Gasteiger partial charge in [-0.3, -0.25) is 10.1 Å². The van der Waals surface area contributed by atoms with Crippen molar-refractivity contribution in [2.45, 2.75) is 13.5 Å². The number of benzene rings is 1. The van der Waals surface area contributed by atoms with Crippen LogP contribution in [0.4, 0.5) is 5.82 Å². The van der Waals surface area contributed by atoms with Crippen molar-refractivity contribution in [1.29, 1.82) is 0 Å². The maximum Gasteiger partial charge on any atom is 0.126 e. The molecule has 3 heterocycles. The third-order valence-corrected chi connectivity index (χ3v) is 3.99. The van der Waals surface area contributed by atoms with E-state index in [-0.39, 0.29) is 0 Å². The second-order valence-electron chi connectivity index (χ2n) is 5.78. The minimum atomic E-state index is 0.725. The van der Waals surface area contributed by atoms with Crippen LogP contribution in [0.2, 0.25) is 0 Å². The smallest absolute Gasteiger partial charge is 0.126 e. The van der Waals surface area contributed by atoms with Crippen LogP contribution in [-0.2, 0) is 6.54 Å². The van der Waals surface area contributed by atoms with Crippen molar-refractivity contribution in [1.82, 2.24) is 20.2 Å². The fourth-order valence-corrected chi connectivity index (χ4v) is 2.73. The predicted molar refractivity (Wildman–Crippen MR) is 95.6 cm³/mol. The van der Waals surface area contributed by atoms with E-state index in [9.17, 15) is 0 Å². The van der Waals surface area contributed by atoms with Crippen molar-refractivity contribution < 1.29 is 0 Å². The number of rotatable bonds is 4. The van der Waals surface area contributed by atoms with Crippen molar-refractivity contribution in [3.05, 3.63) is 72.4 Å². The molecular formula is C19H17N5. The van der Waals surface area contributed by atoms with Crippen LogP contribution in [-0.4, -0.2) is 20.2 Å². The van der Waals surface area contributed by atoms with Gasteiger partial charge in [-0.1, -0.05) is 12.1 Å². The summed E-state index contributed by atoms with van der Waals surface area (Å²) in [7, 11) is 0. The standard InChI is InChI=1S/C19H17N5/c1-13-6-14(4-5-20-13)9-21-19-8-17-7-15(18-11-23-24-12-18)2-3-16(17)10-22-19/h2-8,10-12H,9H2,1H3,(H,21,22)(H,23,24). The summed E-state index contributed by atoms with van der Waals surface area (Å²) in [6.07, 6.45) is 7.45. The van der Waals surface area contributed by atoms with Gasteiger partial charge in [0.15, 0.2) is 0 Å². The topological polar surface area (TPSA) is 66.5 Å². The maximum atomic E-state index is 4.49. The first kappa shape index (κ1) is 14.4. The number of aryl methyl sites for hydroxylation is 1. The largest absolute Gasteiger partial charge is 0.366 e. The molecule has 5 nitrogen and oxygen atoms in total. The Morgan fingerprint density at radius 3 is 2.75 bits per heavy atom. The lowest BCUT2D eigenvalue weighted by Crippen LogP contribution is -2.01. The van der Waals surface area contributed by atoms with E-state index >= 15 is 0 Å². The van der Waals surface area contributed by atoms with Gasteiger partial charge in [0.25, 0.3) is 0 Å². The van der Waals surface area contributed by atoms with E-state index in [0.29, 0.717) is 0 Å². The highest BCUT2D eigenvalue weighted by atomic mass is 15.1. The molecule has 0 fully saturated rings. The van der Waals surface area contributed by atoms with Crippen molar-refractivity contribution >= 4 is 16.6 Å². The summed E-state index contributed by atoms with van der Waals surface area (Å²) in [5, 5.41) is 12.5. The lowest BCUT2D eigenvalue weighted by Gasteiger charge is -2.08. The molecule has 0 unspecified atom stereocenters. The number of H-pyrrole nitrogens is 1. The van der Waals surface area contributed by atoms with Gasteiger partial charge < -0.3 is 5.32 Å². The molecule has 5 heteroatoms. The predicted octanol–water partition coefficient (Wildman–Crippen LogP) is 3.94. The molecule has 3 aromatic heterocycles. The van der Waals surface area contributed by atoms with Crippen molar-refractivity contribution in [3.8, 4) is 11.1 Å². The summed E-state index contributed by atoms with van der Waals surface area (Å²) in [5.41, 5.74) is 4.43. The molecule has 1 aromatic carbocycles. The van der Waals surface area contributed by atoms with E-state index in [4.69, 9.17) is 0 Å². The van der Waals surface area contributed by atoms with E-state index in [0.717, 1.165) is 40.0 Å². The van der Waals surface area contributed by atoms with Gasteiger partial charge in [0.05, 0.1) is 6.20 Å². The SMILES string of the molecule is Cc1cc(CNc2cc3cc(-c4cn[nH]c4)ccc3cn2)ccn1. The molecule has 0 atom stereocenters. The third kappa shape index (κ3) is 2.96. The number of fused-ring (bicyclic) bond motifs is 1. The number of aromatic nitrogens is 4. The molecule has 0 aliphatic rings. The number of aromatic amines is 1. The Morgan fingerprint density at radius 1 is 0.958 bits per heavy atom. The van der Waals surface area contributed by atoms with Crippen LogP contribution in [0.15, 0.2) is 61.2 Å². The monoisotopic (exact) mass is 315 g/mol. The number of hydrogen-bond acceptors (Lipinski definition) is 4. The van der Waals surface area contributed by atoms with E-state index in [1.165, 1.54) is 5.56 Å². The van der Waals surface area contributed by atoms with Gasteiger partial charge in [-0.25, -0.2) is 4.98 Å². The minimum Gasteiger partial charge on any atom is -0.366 e. The molecule has 118 valence electrons. The fourth-order valence-electron chi connectivity index (χ4n) is 2.73. The Hall–Kier alpha value is -3.21. The molecule has 0 spiro atoms. The average molecular weight is 315 g/mol. The molecule has 24 heavy (non-hydrogen) atoms. The molecule has 0 amide bonds. The number of anilines is 1. The van der Waals surface area contributed by atoms with Crippen LogP contribution in [0.3, 0.4) is 0 Å². The molecule has 0 aliphatic carbocycles. The Labute approximate surface area is 139 Å². The average Bonchev–Trinajstić information content (AvgIpc) is 3.14. The molecular weight excluding hydrogens is 298 g/mol. The van der Waals surface area contributed by atoms with Crippen LogP contribution in [0.5, 0.6) is 0 Å². The molecule has 2 N–H and O–H groups in total. The second-order valence-corrected chi connectivity index (χ2v) is 5.78. The van der Waals surface area contributed by atoms with Crippen LogP contribution >= 0.6 is 0 Å². The van der Waals surface area contributed by atoms with Crippen molar-refractivity contribution in [3.63, 3.8) is 0 Å². The summed E-state index contributed by atoms with van der Waals surface area (Å²) in [6, 6.07) is 12.5. The van der Waals surface area contributed by atoms with E-state index in [1.807, 2.05) is 37.8 Å². The van der Waals surface area contributed by atoms with E-state index in [1.54, 1.807) is 0 Å². The van der Waals surface area contributed by atoms with Crippen molar-refractivity contribution in [2.75, 3.05) is 5.32 Å². The second kappa shape index (κ2) is 6.12. The molecule has 0 bridgehead atoms. The quantitative estimate of drug-likeness (QED) is 0.598. The highest BCUT2D eigenvalue weighted by Crippen LogP contribution is 2.24. The molecule has 0 saturated carbocycles. The van der Waals surface area contributed by atoms with Gasteiger partial charge >= 0.3 is 0 Å². The summed E-state index contributed by atoms with van der Waals surface area (Å²) in [6.45, 7) is 2.72. The number of pyridine rings is 2.